The van der Waals surface area contributed by atoms with Gasteiger partial charge in [0, 0.05) is 4.47 Å². The van der Waals surface area contributed by atoms with Crippen LogP contribution in [0.3, 0.4) is 0 Å². The summed E-state index contributed by atoms with van der Waals surface area (Å²) in [6.45, 7) is 0.639. The molecule has 2 aromatic carbocycles. The van der Waals surface area contributed by atoms with Gasteiger partial charge in [0.25, 0.3) is 0 Å². The first-order valence-corrected chi connectivity index (χ1v) is 7.58. The van der Waals surface area contributed by atoms with Gasteiger partial charge in [-0.15, -0.1) is 0 Å². The van der Waals surface area contributed by atoms with Gasteiger partial charge in [-0.3, -0.25) is 0 Å². The van der Waals surface area contributed by atoms with Crippen LogP contribution in [-0.2, 0) is 17.8 Å². The van der Waals surface area contributed by atoms with E-state index in [0.717, 1.165) is 23.1 Å². The van der Waals surface area contributed by atoms with Gasteiger partial charge in [-0.2, -0.15) is 0 Å². The Balaban J connectivity index is 1.66. The van der Waals surface area contributed by atoms with E-state index < -0.39 is 0 Å². The lowest BCUT2D eigenvalue weighted by Crippen LogP contribution is -2.01. The predicted octanol–water partition coefficient (Wildman–Crippen LogP) is 4.66. The number of rotatable bonds is 4. The SMILES string of the molecule is COc1ccc(COC2CCc3ccc(Br)cc32)cc1. The van der Waals surface area contributed by atoms with Gasteiger partial charge >= 0.3 is 0 Å². The van der Waals surface area contributed by atoms with Crippen molar-refractivity contribution in [3.8, 4) is 5.75 Å². The molecular weight excluding hydrogens is 316 g/mol. The zero-order valence-corrected chi connectivity index (χ0v) is 13.0. The van der Waals surface area contributed by atoms with Crippen LogP contribution in [0.25, 0.3) is 0 Å². The van der Waals surface area contributed by atoms with Crippen LogP contribution in [-0.4, -0.2) is 7.11 Å². The van der Waals surface area contributed by atoms with Crippen LogP contribution in [0.5, 0.6) is 5.75 Å². The third-order valence-electron chi connectivity index (χ3n) is 3.74. The number of fused-ring (bicyclic) bond motifs is 1. The molecule has 3 heteroatoms. The van der Waals surface area contributed by atoms with Crippen LogP contribution in [0.2, 0.25) is 0 Å². The van der Waals surface area contributed by atoms with Crippen LogP contribution in [0.1, 0.15) is 29.2 Å². The molecule has 0 radical (unpaired) electrons. The summed E-state index contributed by atoms with van der Waals surface area (Å²) in [5.41, 5.74) is 3.91. The largest absolute Gasteiger partial charge is 0.497 e. The molecule has 1 unspecified atom stereocenters. The Morgan fingerprint density at radius 1 is 1.15 bits per heavy atom. The molecule has 1 aliphatic rings. The van der Waals surface area contributed by atoms with E-state index in [0.29, 0.717) is 6.61 Å². The molecule has 0 saturated heterocycles. The van der Waals surface area contributed by atoms with Crippen LogP contribution < -0.4 is 4.74 Å². The third kappa shape index (κ3) is 2.89. The number of hydrogen-bond donors (Lipinski definition) is 0. The molecule has 0 saturated carbocycles. The quantitative estimate of drug-likeness (QED) is 0.810. The van der Waals surface area contributed by atoms with Crippen molar-refractivity contribution >= 4 is 15.9 Å². The van der Waals surface area contributed by atoms with E-state index in [9.17, 15) is 0 Å². The van der Waals surface area contributed by atoms with Crippen LogP contribution in [0.15, 0.2) is 46.9 Å². The van der Waals surface area contributed by atoms with Gasteiger partial charge in [0.1, 0.15) is 5.75 Å². The van der Waals surface area contributed by atoms with E-state index in [-0.39, 0.29) is 6.10 Å². The Morgan fingerprint density at radius 3 is 2.70 bits per heavy atom. The van der Waals surface area contributed by atoms with Crippen molar-refractivity contribution in [3.05, 3.63) is 63.6 Å². The summed E-state index contributed by atoms with van der Waals surface area (Å²) < 4.78 is 12.4. The molecule has 1 atom stereocenters. The van der Waals surface area contributed by atoms with Gasteiger partial charge in [0.2, 0.25) is 0 Å². The van der Waals surface area contributed by atoms with Crippen LogP contribution >= 0.6 is 15.9 Å². The molecule has 0 heterocycles. The monoisotopic (exact) mass is 332 g/mol. The van der Waals surface area contributed by atoms with Crippen molar-refractivity contribution in [1.29, 1.82) is 0 Å². The van der Waals surface area contributed by atoms with Crippen molar-refractivity contribution in [2.75, 3.05) is 7.11 Å². The van der Waals surface area contributed by atoms with E-state index in [4.69, 9.17) is 9.47 Å². The maximum absolute atomic E-state index is 6.08. The van der Waals surface area contributed by atoms with Gasteiger partial charge in [-0.1, -0.05) is 34.1 Å². The van der Waals surface area contributed by atoms with Crippen molar-refractivity contribution in [3.63, 3.8) is 0 Å². The minimum Gasteiger partial charge on any atom is -0.497 e. The lowest BCUT2D eigenvalue weighted by atomic mass is 10.1. The Bertz CT molecular complexity index is 592. The van der Waals surface area contributed by atoms with E-state index >= 15 is 0 Å². The molecule has 20 heavy (non-hydrogen) atoms. The van der Waals surface area contributed by atoms with Crippen LogP contribution in [0.4, 0.5) is 0 Å². The highest BCUT2D eigenvalue weighted by Gasteiger charge is 2.23. The first-order valence-electron chi connectivity index (χ1n) is 6.79. The second-order valence-electron chi connectivity index (χ2n) is 5.03. The van der Waals surface area contributed by atoms with Crippen molar-refractivity contribution in [2.45, 2.75) is 25.6 Å². The fraction of sp³-hybridized carbons (Fsp3) is 0.294. The molecule has 2 nitrogen and oxygen atoms in total. The average molecular weight is 333 g/mol. The molecule has 0 aliphatic heterocycles. The summed E-state index contributed by atoms with van der Waals surface area (Å²) in [7, 11) is 1.68. The minimum absolute atomic E-state index is 0.213. The number of benzene rings is 2. The maximum Gasteiger partial charge on any atom is 0.118 e. The summed E-state index contributed by atoms with van der Waals surface area (Å²) >= 11 is 3.53. The molecule has 0 fully saturated rings. The predicted molar refractivity (Wildman–Crippen MR) is 83.0 cm³/mol. The third-order valence-corrected chi connectivity index (χ3v) is 4.23. The zero-order chi connectivity index (χ0) is 13.9. The van der Waals surface area contributed by atoms with Gasteiger partial charge in [0.05, 0.1) is 19.8 Å². The fourth-order valence-corrected chi connectivity index (χ4v) is 3.01. The van der Waals surface area contributed by atoms with Gasteiger partial charge < -0.3 is 9.47 Å². The number of halogens is 1. The van der Waals surface area contributed by atoms with E-state index in [1.54, 1.807) is 7.11 Å². The molecule has 0 N–H and O–H groups in total. The zero-order valence-electron chi connectivity index (χ0n) is 11.4. The first-order chi connectivity index (χ1) is 9.76. The molecule has 104 valence electrons. The van der Waals surface area contributed by atoms with Crippen LogP contribution in [0, 0.1) is 0 Å². The molecular formula is C17H17BrO2. The molecule has 0 spiro atoms. The second kappa shape index (κ2) is 5.98. The van der Waals surface area contributed by atoms with Crippen molar-refractivity contribution in [2.24, 2.45) is 0 Å². The molecule has 0 aromatic heterocycles. The molecule has 2 aromatic rings. The topological polar surface area (TPSA) is 18.5 Å². The molecule has 3 rings (SSSR count). The van der Waals surface area contributed by atoms with Crippen molar-refractivity contribution < 1.29 is 9.47 Å². The summed E-state index contributed by atoms with van der Waals surface area (Å²) in [6, 6.07) is 14.5. The average Bonchev–Trinajstić information content (AvgIpc) is 2.88. The number of hydrogen-bond acceptors (Lipinski definition) is 2. The summed E-state index contributed by atoms with van der Waals surface area (Å²) in [4.78, 5) is 0. The van der Waals surface area contributed by atoms with Gasteiger partial charge in [0.15, 0.2) is 0 Å². The van der Waals surface area contributed by atoms with Crippen molar-refractivity contribution in [1.82, 2.24) is 0 Å². The fourth-order valence-electron chi connectivity index (χ4n) is 2.63. The standard InChI is InChI=1S/C17H17BrO2/c1-19-15-7-2-12(3-8-15)11-20-17-9-5-13-4-6-14(18)10-16(13)17/h2-4,6-8,10,17H,5,9,11H2,1H3. The Hall–Kier alpha value is -1.32. The Kier molecular flexibility index (Phi) is 4.08. The summed E-state index contributed by atoms with van der Waals surface area (Å²) in [5, 5.41) is 0. The minimum atomic E-state index is 0.213. The maximum atomic E-state index is 6.08. The Morgan fingerprint density at radius 2 is 1.95 bits per heavy atom. The lowest BCUT2D eigenvalue weighted by Gasteiger charge is -2.14. The highest BCUT2D eigenvalue weighted by molar-refractivity contribution is 9.10. The van der Waals surface area contributed by atoms with E-state index in [2.05, 4.69) is 46.3 Å². The lowest BCUT2D eigenvalue weighted by molar-refractivity contribution is 0.0410. The normalized spacial score (nSPS) is 17.0. The van der Waals surface area contributed by atoms with E-state index in [1.165, 1.54) is 16.7 Å². The second-order valence-corrected chi connectivity index (χ2v) is 5.95. The number of ether oxygens (including phenoxy) is 2. The number of methoxy groups -OCH3 is 1. The van der Waals surface area contributed by atoms with E-state index in [1.807, 2.05) is 12.1 Å². The van der Waals surface area contributed by atoms with Gasteiger partial charge in [-0.25, -0.2) is 0 Å². The smallest absolute Gasteiger partial charge is 0.118 e. The molecule has 0 amide bonds. The Labute approximate surface area is 127 Å². The highest BCUT2D eigenvalue weighted by Crippen LogP contribution is 2.36. The summed E-state index contributed by atoms with van der Waals surface area (Å²) in [5.74, 6) is 0.879. The molecule has 0 bridgehead atoms. The molecule has 1 aliphatic carbocycles. The number of aryl methyl sites for hydroxylation is 1. The summed E-state index contributed by atoms with van der Waals surface area (Å²) in [6.07, 6.45) is 2.39. The highest BCUT2D eigenvalue weighted by atomic mass is 79.9. The first kappa shape index (κ1) is 13.7. The van der Waals surface area contributed by atoms with Gasteiger partial charge in [-0.05, 0) is 53.8 Å².